The summed E-state index contributed by atoms with van der Waals surface area (Å²) in [7, 11) is 0. The van der Waals surface area contributed by atoms with E-state index >= 15 is 0 Å². The first-order valence-corrected chi connectivity index (χ1v) is 5.89. The molecule has 1 aliphatic rings. The van der Waals surface area contributed by atoms with Gasteiger partial charge in [0.05, 0.1) is 12.6 Å². The number of aliphatic hydroxyl groups excluding tert-OH is 1. The second kappa shape index (κ2) is 5.97. The molecule has 0 aromatic carbocycles. The monoisotopic (exact) mass is 244 g/mol. The van der Waals surface area contributed by atoms with E-state index in [-0.39, 0.29) is 31.5 Å². The zero-order chi connectivity index (χ0) is 13.0. The lowest BCUT2D eigenvalue weighted by molar-refractivity contribution is -0.147. The molecule has 0 aliphatic carbocycles. The maximum absolute atomic E-state index is 11.8. The van der Waals surface area contributed by atoms with Crippen molar-refractivity contribution in [1.82, 2.24) is 10.2 Å². The normalized spacial score (nSPS) is 25.9. The first-order chi connectivity index (χ1) is 7.95. The van der Waals surface area contributed by atoms with E-state index in [9.17, 15) is 14.7 Å². The van der Waals surface area contributed by atoms with E-state index in [0.29, 0.717) is 0 Å². The summed E-state index contributed by atoms with van der Waals surface area (Å²) in [5, 5.41) is 21.4. The van der Waals surface area contributed by atoms with Gasteiger partial charge < -0.3 is 20.4 Å². The third kappa shape index (κ3) is 3.67. The maximum atomic E-state index is 11.8. The van der Waals surface area contributed by atoms with Gasteiger partial charge in [0.1, 0.15) is 6.04 Å². The van der Waals surface area contributed by atoms with E-state index in [1.807, 2.05) is 13.8 Å². The van der Waals surface area contributed by atoms with E-state index in [1.165, 1.54) is 4.90 Å². The minimum Gasteiger partial charge on any atom is -0.480 e. The predicted molar refractivity (Wildman–Crippen MR) is 61.5 cm³/mol. The number of hydrogen-bond acceptors (Lipinski definition) is 4. The number of carboxylic acids is 1. The number of aliphatic carboxylic acids is 1. The van der Waals surface area contributed by atoms with Crippen molar-refractivity contribution in [2.24, 2.45) is 0 Å². The van der Waals surface area contributed by atoms with Crippen LogP contribution >= 0.6 is 0 Å². The van der Waals surface area contributed by atoms with Gasteiger partial charge in [0.15, 0.2) is 0 Å². The summed E-state index contributed by atoms with van der Waals surface area (Å²) in [6.45, 7) is 4.19. The molecule has 98 valence electrons. The smallest absolute Gasteiger partial charge is 0.326 e. The Hall–Kier alpha value is -1.14. The van der Waals surface area contributed by atoms with Gasteiger partial charge in [-0.15, -0.1) is 0 Å². The Kier molecular flexibility index (Phi) is 4.89. The molecular formula is C11H20N2O4. The minimum absolute atomic E-state index is 0.109. The number of hydrogen-bond donors (Lipinski definition) is 3. The van der Waals surface area contributed by atoms with Crippen LogP contribution in [0.25, 0.3) is 0 Å². The average molecular weight is 244 g/mol. The van der Waals surface area contributed by atoms with E-state index in [0.717, 1.165) is 6.42 Å². The summed E-state index contributed by atoms with van der Waals surface area (Å²) in [4.78, 5) is 24.0. The van der Waals surface area contributed by atoms with Crippen molar-refractivity contribution in [1.29, 1.82) is 0 Å². The summed E-state index contributed by atoms with van der Waals surface area (Å²) in [6, 6.07) is -0.675. The zero-order valence-electron chi connectivity index (χ0n) is 10.2. The molecule has 3 N–H and O–H groups in total. The van der Waals surface area contributed by atoms with Crippen molar-refractivity contribution >= 4 is 11.9 Å². The number of aliphatic hydroxyl groups is 1. The van der Waals surface area contributed by atoms with Crippen LogP contribution in [0, 0.1) is 0 Å². The van der Waals surface area contributed by atoms with Crippen LogP contribution in [0.4, 0.5) is 0 Å². The number of carboxylic acid groups (broad SMARTS) is 1. The number of nitrogens with zero attached hydrogens (tertiary/aromatic N) is 1. The van der Waals surface area contributed by atoms with Crippen molar-refractivity contribution in [3.05, 3.63) is 0 Å². The van der Waals surface area contributed by atoms with Gasteiger partial charge in [0.2, 0.25) is 5.91 Å². The van der Waals surface area contributed by atoms with Crippen LogP contribution in [0.3, 0.4) is 0 Å². The van der Waals surface area contributed by atoms with Crippen molar-refractivity contribution in [2.45, 2.75) is 44.9 Å². The molecule has 1 heterocycles. The van der Waals surface area contributed by atoms with E-state index in [2.05, 4.69) is 5.32 Å². The Balaban J connectivity index is 2.52. The van der Waals surface area contributed by atoms with Crippen LogP contribution in [-0.2, 0) is 9.59 Å². The van der Waals surface area contributed by atoms with E-state index < -0.39 is 18.1 Å². The summed E-state index contributed by atoms with van der Waals surface area (Å²) in [6.07, 6.45) is 0.284. The van der Waals surface area contributed by atoms with Gasteiger partial charge in [-0.3, -0.25) is 4.79 Å². The van der Waals surface area contributed by atoms with Crippen LogP contribution in [0.1, 0.15) is 26.7 Å². The molecule has 1 amide bonds. The van der Waals surface area contributed by atoms with Crippen LogP contribution in [0.2, 0.25) is 0 Å². The predicted octanol–water partition coefficient (Wildman–Crippen LogP) is -0.579. The summed E-state index contributed by atoms with van der Waals surface area (Å²) in [5.74, 6) is -1.33. The second-order valence-electron chi connectivity index (χ2n) is 4.48. The molecule has 3 atom stereocenters. The van der Waals surface area contributed by atoms with Gasteiger partial charge in [0, 0.05) is 19.0 Å². The molecule has 6 heteroatoms. The second-order valence-corrected chi connectivity index (χ2v) is 4.48. The van der Waals surface area contributed by atoms with Crippen LogP contribution in [-0.4, -0.2) is 58.3 Å². The third-order valence-electron chi connectivity index (χ3n) is 3.10. The molecule has 3 unspecified atom stereocenters. The van der Waals surface area contributed by atoms with Crippen molar-refractivity contribution in [3.63, 3.8) is 0 Å². The Morgan fingerprint density at radius 2 is 2.18 bits per heavy atom. The molecule has 0 aromatic heterocycles. The van der Waals surface area contributed by atoms with Crippen molar-refractivity contribution < 1.29 is 19.8 Å². The van der Waals surface area contributed by atoms with E-state index in [4.69, 9.17) is 5.11 Å². The highest BCUT2D eigenvalue weighted by Gasteiger charge is 2.38. The topological polar surface area (TPSA) is 89.9 Å². The molecule has 0 bridgehead atoms. The number of amides is 1. The standard InChI is InChI=1S/C11H20N2O4/c1-3-7(2)12-5-10(15)13-6-8(14)4-9(13)11(16)17/h7-9,12,14H,3-6H2,1-2H3,(H,16,17). The summed E-state index contributed by atoms with van der Waals surface area (Å²) in [5.41, 5.74) is 0. The minimum atomic E-state index is -1.06. The number of nitrogens with one attached hydrogen (secondary N) is 1. The Morgan fingerprint density at radius 1 is 1.53 bits per heavy atom. The van der Waals surface area contributed by atoms with Crippen LogP contribution in [0.5, 0.6) is 0 Å². The first kappa shape index (κ1) is 13.9. The Bertz CT molecular complexity index is 295. The highest BCUT2D eigenvalue weighted by atomic mass is 16.4. The Labute approximate surface area is 101 Å². The van der Waals surface area contributed by atoms with Crippen molar-refractivity contribution in [3.8, 4) is 0 Å². The number of carbonyl (C=O) groups excluding carboxylic acids is 1. The first-order valence-electron chi connectivity index (χ1n) is 5.89. The SMILES string of the molecule is CCC(C)NCC(=O)N1CC(O)CC1C(=O)O. The van der Waals surface area contributed by atoms with Gasteiger partial charge in [0.25, 0.3) is 0 Å². The lowest BCUT2D eigenvalue weighted by atomic mass is 10.2. The maximum Gasteiger partial charge on any atom is 0.326 e. The number of β-amino-alcohol motifs (C(OH)–C–C–N with tert-alkyl or cyclic N) is 1. The fraction of sp³-hybridized carbons (Fsp3) is 0.818. The molecule has 0 saturated carbocycles. The van der Waals surface area contributed by atoms with Gasteiger partial charge in [-0.2, -0.15) is 0 Å². The zero-order valence-corrected chi connectivity index (χ0v) is 10.2. The molecule has 1 aliphatic heterocycles. The molecule has 0 spiro atoms. The number of carbonyl (C=O) groups is 2. The van der Waals surface area contributed by atoms with Gasteiger partial charge in [-0.25, -0.2) is 4.79 Å². The molecule has 17 heavy (non-hydrogen) atoms. The van der Waals surface area contributed by atoms with Gasteiger partial charge in [-0.05, 0) is 13.3 Å². The lowest BCUT2D eigenvalue weighted by Crippen LogP contribution is -2.46. The lowest BCUT2D eigenvalue weighted by Gasteiger charge is -2.22. The largest absolute Gasteiger partial charge is 0.480 e. The third-order valence-corrected chi connectivity index (χ3v) is 3.10. The molecule has 1 saturated heterocycles. The van der Waals surface area contributed by atoms with Crippen molar-refractivity contribution in [2.75, 3.05) is 13.1 Å². The van der Waals surface area contributed by atoms with Crippen LogP contribution < -0.4 is 5.32 Å². The molecule has 1 rings (SSSR count). The highest BCUT2D eigenvalue weighted by molar-refractivity contribution is 5.85. The molecule has 6 nitrogen and oxygen atoms in total. The Morgan fingerprint density at radius 3 is 2.71 bits per heavy atom. The number of rotatable bonds is 5. The van der Waals surface area contributed by atoms with E-state index in [1.54, 1.807) is 0 Å². The van der Waals surface area contributed by atoms with Gasteiger partial charge >= 0.3 is 5.97 Å². The molecular weight excluding hydrogens is 224 g/mol. The highest BCUT2D eigenvalue weighted by Crippen LogP contribution is 2.18. The molecule has 0 radical (unpaired) electrons. The fourth-order valence-corrected chi connectivity index (χ4v) is 1.83. The van der Waals surface area contributed by atoms with Gasteiger partial charge in [-0.1, -0.05) is 6.92 Å². The summed E-state index contributed by atoms with van der Waals surface area (Å²) >= 11 is 0. The average Bonchev–Trinajstić information content (AvgIpc) is 2.67. The summed E-state index contributed by atoms with van der Waals surface area (Å²) < 4.78 is 0. The fourth-order valence-electron chi connectivity index (χ4n) is 1.83. The molecule has 0 aromatic rings. The quantitative estimate of drug-likeness (QED) is 0.602. The van der Waals surface area contributed by atoms with Crippen LogP contribution in [0.15, 0.2) is 0 Å². The molecule has 1 fully saturated rings. The number of likely N-dealkylation sites (tertiary alicyclic amines) is 1.